The fraction of sp³-hybridized carbons (Fsp3) is 0.269. The molecular weight excluding hydrogens is 408 g/mol. The van der Waals surface area contributed by atoms with Crippen LogP contribution in [0, 0.1) is 6.92 Å². The van der Waals surface area contributed by atoms with Crippen molar-refractivity contribution in [2.75, 3.05) is 28.4 Å². The molecule has 0 unspecified atom stereocenters. The molecule has 0 saturated heterocycles. The third kappa shape index (κ3) is 4.64. The molecule has 0 N–H and O–H groups in total. The predicted octanol–water partition coefficient (Wildman–Crippen LogP) is 5.01. The fourth-order valence-corrected chi connectivity index (χ4v) is 3.74. The molecule has 0 aromatic heterocycles. The molecule has 0 fully saturated rings. The SMILES string of the molecule is COc1c(C)c(Cc2ccc(OCc3ccccc3)c(C=O)c2)c(OC)c(OC)c1OC. The van der Waals surface area contributed by atoms with Crippen molar-refractivity contribution in [3.8, 4) is 28.7 Å². The van der Waals surface area contributed by atoms with Gasteiger partial charge in [0.2, 0.25) is 11.5 Å². The Morgan fingerprint density at radius 3 is 1.97 bits per heavy atom. The van der Waals surface area contributed by atoms with E-state index in [1.165, 1.54) is 0 Å². The monoisotopic (exact) mass is 436 g/mol. The Hall–Kier alpha value is -3.67. The summed E-state index contributed by atoms with van der Waals surface area (Å²) in [5.41, 5.74) is 4.21. The van der Waals surface area contributed by atoms with Crippen LogP contribution in [-0.2, 0) is 13.0 Å². The highest BCUT2D eigenvalue weighted by molar-refractivity contribution is 5.80. The van der Waals surface area contributed by atoms with Crippen LogP contribution in [0.15, 0.2) is 48.5 Å². The largest absolute Gasteiger partial charge is 0.492 e. The van der Waals surface area contributed by atoms with E-state index in [4.69, 9.17) is 23.7 Å². The molecule has 6 nitrogen and oxygen atoms in total. The highest BCUT2D eigenvalue weighted by Gasteiger charge is 2.25. The van der Waals surface area contributed by atoms with Gasteiger partial charge in [-0.25, -0.2) is 0 Å². The van der Waals surface area contributed by atoms with Crippen LogP contribution in [0.5, 0.6) is 28.7 Å². The number of benzene rings is 3. The Morgan fingerprint density at radius 2 is 1.38 bits per heavy atom. The molecule has 3 rings (SSSR count). The van der Waals surface area contributed by atoms with E-state index in [1.807, 2.05) is 55.5 Å². The van der Waals surface area contributed by atoms with Crippen LogP contribution in [0.2, 0.25) is 0 Å². The van der Waals surface area contributed by atoms with Crippen molar-refractivity contribution in [1.29, 1.82) is 0 Å². The Balaban J connectivity index is 1.95. The van der Waals surface area contributed by atoms with Gasteiger partial charge in [-0.15, -0.1) is 0 Å². The average molecular weight is 437 g/mol. The summed E-state index contributed by atoms with van der Waals surface area (Å²) in [6.07, 6.45) is 1.31. The standard InChI is InChI=1S/C26H28O6/c1-17-21(24(29-3)26(31-5)25(30-4)23(17)28-2)14-19-11-12-22(20(13-19)15-27)32-16-18-9-7-6-8-10-18/h6-13,15H,14,16H2,1-5H3. The first kappa shape index (κ1) is 23.0. The van der Waals surface area contributed by atoms with E-state index in [-0.39, 0.29) is 0 Å². The van der Waals surface area contributed by atoms with Gasteiger partial charge >= 0.3 is 0 Å². The van der Waals surface area contributed by atoms with Crippen molar-refractivity contribution in [1.82, 2.24) is 0 Å². The van der Waals surface area contributed by atoms with Gasteiger partial charge in [0, 0.05) is 17.5 Å². The van der Waals surface area contributed by atoms with E-state index >= 15 is 0 Å². The zero-order chi connectivity index (χ0) is 23.1. The van der Waals surface area contributed by atoms with E-state index in [0.717, 1.165) is 28.5 Å². The van der Waals surface area contributed by atoms with Crippen molar-refractivity contribution in [2.45, 2.75) is 20.0 Å². The lowest BCUT2D eigenvalue weighted by molar-refractivity contribution is 0.111. The molecule has 0 aliphatic carbocycles. The summed E-state index contributed by atoms with van der Waals surface area (Å²) in [5, 5.41) is 0. The van der Waals surface area contributed by atoms with Gasteiger partial charge in [0.05, 0.1) is 34.0 Å². The molecule has 0 bridgehead atoms. The lowest BCUT2D eigenvalue weighted by Crippen LogP contribution is -2.06. The van der Waals surface area contributed by atoms with Crippen LogP contribution in [0.25, 0.3) is 0 Å². The minimum atomic E-state index is 0.390. The summed E-state index contributed by atoms with van der Waals surface area (Å²) in [7, 11) is 6.29. The molecule has 168 valence electrons. The summed E-state index contributed by atoms with van der Waals surface area (Å²) < 4.78 is 28.2. The molecular formula is C26H28O6. The molecule has 32 heavy (non-hydrogen) atoms. The van der Waals surface area contributed by atoms with Crippen LogP contribution >= 0.6 is 0 Å². The van der Waals surface area contributed by atoms with Crippen LogP contribution in [0.3, 0.4) is 0 Å². The Kier molecular flexibility index (Phi) is 7.60. The number of hydrogen-bond donors (Lipinski definition) is 0. The van der Waals surface area contributed by atoms with Crippen molar-refractivity contribution in [3.63, 3.8) is 0 Å². The first-order chi connectivity index (χ1) is 15.6. The normalized spacial score (nSPS) is 10.4. The second kappa shape index (κ2) is 10.6. The Bertz CT molecular complexity index is 1080. The number of methoxy groups -OCH3 is 4. The Morgan fingerprint density at radius 1 is 0.750 bits per heavy atom. The molecule has 3 aromatic carbocycles. The van der Waals surface area contributed by atoms with E-state index in [2.05, 4.69) is 0 Å². The second-order valence-electron chi connectivity index (χ2n) is 7.18. The number of carbonyl (C=O) groups excluding carboxylic acids is 1. The molecule has 0 amide bonds. The zero-order valence-corrected chi connectivity index (χ0v) is 19.1. The number of hydrogen-bond acceptors (Lipinski definition) is 6. The molecule has 0 atom stereocenters. The van der Waals surface area contributed by atoms with Crippen LogP contribution in [-0.4, -0.2) is 34.7 Å². The molecule has 0 heterocycles. The summed E-state index contributed by atoms with van der Waals surface area (Å²) in [6, 6.07) is 15.4. The molecule has 0 aliphatic heterocycles. The Labute approximate surface area is 188 Å². The molecule has 3 aromatic rings. The number of ether oxygens (including phenoxy) is 5. The predicted molar refractivity (Wildman–Crippen MR) is 123 cm³/mol. The smallest absolute Gasteiger partial charge is 0.207 e. The van der Waals surface area contributed by atoms with Gasteiger partial charge in [-0.2, -0.15) is 0 Å². The summed E-state index contributed by atoms with van der Waals surface area (Å²) in [4.78, 5) is 11.8. The van der Waals surface area contributed by atoms with Gasteiger partial charge in [0.25, 0.3) is 0 Å². The molecule has 0 aliphatic rings. The lowest BCUT2D eigenvalue weighted by Gasteiger charge is -2.22. The van der Waals surface area contributed by atoms with Crippen molar-refractivity contribution >= 4 is 6.29 Å². The first-order valence-corrected chi connectivity index (χ1v) is 10.2. The second-order valence-corrected chi connectivity index (χ2v) is 7.18. The van der Waals surface area contributed by atoms with Gasteiger partial charge in [0.1, 0.15) is 12.4 Å². The number of aldehydes is 1. The van der Waals surface area contributed by atoms with Crippen molar-refractivity contribution in [2.24, 2.45) is 0 Å². The van der Waals surface area contributed by atoms with E-state index < -0.39 is 0 Å². The van der Waals surface area contributed by atoms with E-state index in [0.29, 0.717) is 47.3 Å². The molecule has 0 saturated carbocycles. The maximum Gasteiger partial charge on any atom is 0.207 e. The van der Waals surface area contributed by atoms with Crippen LogP contribution in [0.4, 0.5) is 0 Å². The lowest BCUT2D eigenvalue weighted by atomic mass is 9.96. The minimum absolute atomic E-state index is 0.390. The first-order valence-electron chi connectivity index (χ1n) is 10.2. The van der Waals surface area contributed by atoms with Gasteiger partial charge < -0.3 is 23.7 Å². The maximum absolute atomic E-state index is 11.8. The number of carbonyl (C=O) groups is 1. The molecule has 0 spiro atoms. The van der Waals surface area contributed by atoms with Crippen LogP contribution in [0.1, 0.15) is 32.6 Å². The number of rotatable bonds is 10. The van der Waals surface area contributed by atoms with Crippen molar-refractivity contribution < 1.29 is 28.5 Å². The van der Waals surface area contributed by atoms with Crippen molar-refractivity contribution in [3.05, 3.63) is 76.3 Å². The maximum atomic E-state index is 11.8. The van der Waals surface area contributed by atoms with Gasteiger partial charge in [0.15, 0.2) is 17.8 Å². The van der Waals surface area contributed by atoms with E-state index in [1.54, 1.807) is 28.4 Å². The van der Waals surface area contributed by atoms with Gasteiger partial charge in [-0.3, -0.25) is 4.79 Å². The third-order valence-corrected chi connectivity index (χ3v) is 5.32. The highest BCUT2D eigenvalue weighted by Crippen LogP contribution is 2.49. The van der Waals surface area contributed by atoms with Gasteiger partial charge in [-0.05, 0) is 30.2 Å². The fourth-order valence-electron chi connectivity index (χ4n) is 3.74. The summed E-state index contributed by atoms with van der Waals surface area (Å²) in [5.74, 6) is 2.64. The topological polar surface area (TPSA) is 63.2 Å². The molecule has 0 radical (unpaired) electrons. The average Bonchev–Trinajstić information content (AvgIpc) is 2.84. The van der Waals surface area contributed by atoms with Gasteiger partial charge in [-0.1, -0.05) is 36.4 Å². The summed E-state index contributed by atoms with van der Waals surface area (Å²) in [6.45, 7) is 2.33. The summed E-state index contributed by atoms with van der Waals surface area (Å²) >= 11 is 0. The quantitative estimate of drug-likeness (QED) is 0.416. The molecule has 6 heteroatoms. The van der Waals surface area contributed by atoms with Crippen LogP contribution < -0.4 is 23.7 Å². The van der Waals surface area contributed by atoms with E-state index in [9.17, 15) is 4.79 Å². The third-order valence-electron chi connectivity index (χ3n) is 5.32. The minimum Gasteiger partial charge on any atom is -0.492 e. The zero-order valence-electron chi connectivity index (χ0n) is 19.1. The highest BCUT2D eigenvalue weighted by atomic mass is 16.5.